The van der Waals surface area contributed by atoms with E-state index in [1.165, 1.54) is 6.07 Å². The van der Waals surface area contributed by atoms with Crippen LogP contribution in [0.2, 0.25) is 0 Å². The Labute approximate surface area is 112 Å². The van der Waals surface area contributed by atoms with Crippen molar-refractivity contribution in [3.8, 4) is 0 Å². The lowest BCUT2D eigenvalue weighted by Crippen LogP contribution is -2.49. The van der Waals surface area contributed by atoms with Gasteiger partial charge in [-0.2, -0.15) is 0 Å². The Morgan fingerprint density at radius 3 is 2.79 bits per heavy atom. The first-order chi connectivity index (χ1) is 9.18. The molecule has 1 heterocycles. The highest BCUT2D eigenvalue weighted by Crippen LogP contribution is 2.07. The molecule has 1 aromatic rings. The lowest BCUT2D eigenvalue weighted by atomic mass is 10.2. The number of carbonyl (C=O) groups excluding carboxylic acids is 1. The first-order valence-corrected chi connectivity index (χ1v) is 6.51. The summed E-state index contributed by atoms with van der Waals surface area (Å²) in [4.78, 5) is 14.1. The monoisotopic (exact) mass is 266 g/mol. The average Bonchev–Trinajstić information content (AvgIpc) is 2.46. The van der Waals surface area contributed by atoms with Gasteiger partial charge in [0, 0.05) is 25.2 Å². The summed E-state index contributed by atoms with van der Waals surface area (Å²) in [6.07, 6.45) is 0. The SMILES string of the molecule is C[C@@H](C(=O)NCc1ccccc1F)N1CCOCC1. The standard InChI is InChI=1S/C14H19FN2O2/c1-11(17-6-8-19-9-7-17)14(18)16-10-12-4-2-3-5-13(12)15/h2-5,11H,6-10H2,1H3,(H,16,18)/t11-/m0/s1. The Balaban J connectivity index is 1.85. The number of hydrogen-bond acceptors (Lipinski definition) is 3. The van der Waals surface area contributed by atoms with Gasteiger partial charge in [0.1, 0.15) is 5.82 Å². The quantitative estimate of drug-likeness (QED) is 0.889. The summed E-state index contributed by atoms with van der Waals surface area (Å²) in [7, 11) is 0. The Morgan fingerprint density at radius 1 is 1.42 bits per heavy atom. The molecule has 19 heavy (non-hydrogen) atoms. The van der Waals surface area contributed by atoms with Crippen LogP contribution in [-0.4, -0.2) is 43.2 Å². The third kappa shape index (κ3) is 3.75. The molecule has 104 valence electrons. The minimum Gasteiger partial charge on any atom is -0.379 e. The van der Waals surface area contributed by atoms with Crippen molar-refractivity contribution < 1.29 is 13.9 Å². The van der Waals surface area contributed by atoms with Crippen molar-refractivity contribution in [2.24, 2.45) is 0 Å². The molecule has 1 amide bonds. The van der Waals surface area contributed by atoms with Crippen LogP contribution >= 0.6 is 0 Å². The number of halogens is 1. The molecule has 0 radical (unpaired) electrons. The molecule has 2 rings (SSSR count). The van der Waals surface area contributed by atoms with Crippen LogP contribution in [-0.2, 0) is 16.1 Å². The molecule has 0 aliphatic carbocycles. The lowest BCUT2D eigenvalue weighted by Gasteiger charge is -2.31. The largest absolute Gasteiger partial charge is 0.379 e. The van der Waals surface area contributed by atoms with Crippen LogP contribution in [0.1, 0.15) is 12.5 Å². The highest BCUT2D eigenvalue weighted by Gasteiger charge is 2.22. The zero-order chi connectivity index (χ0) is 13.7. The predicted octanol–water partition coefficient (Wildman–Crippen LogP) is 1.16. The number of nitrogens with zero attached hydrogens (tertiary/aromatic N) is 1. The van der Waals surface area contributed by atoms with E-state index >= 15 is 0 Å². The van der Waals surface area contributed by atoms with E-state index in [1.807, 2.05) is 6.92 Å². The van der Waals surface area contributed by atoms with Crippen LogP contribution in [0.25, 0.3) is 0 Å². The second-order valence-electron chi connectivity index (χ2n) is 4.63. The molecule has 0 saturated carbocycles. The fourth-order valence-corrected chi connectivity index (χ4v) is 2.10. The molecular weight excluding hydrogens is 247 g/mol. The fourth-order valence-electron chi connectivity index (χ4n) is 2.10. The third-order valence-corrected chi connectivity index (χ3v) is 3.38. The molecule has 1 atom stereocenters. The zero-order valence-corrected chi connectivity index (χ0v) is 11.1. The van der Waals surface area contributed by atoms with E-state index in [0.717, 1.165) is 13.1 Å². The molecule has 4 nitrogen and oxygen atoms in total. The van der Waals surface area contributed by atoms with Gasteiger partial charge in [-0.3, -0.25) is 9.69 Å². The maximum absolute atomic E-state index is 13.4. The molecule has 0 bridgehead atoms. The van der Waals surface area contributed by atoms with Crippen LogP contribution < -0.4 is 5.32 Å². The Morgan fingerprint density at radius 2 is 2.11 bits per heavy atom. The number of hydrogen-bond donors (Lipinski definition) is 1. The summed E-state index contributed by atoms with van der Waals surface area (Å²) < 4.78 is 18.7. The van der Waals surface area contributed by atoms with E-state index in [2.05, 4.69) is 10.2 Å². The molecule has 1 N–H and O–H groups in total. The summed E-state index contributed by atoms with van der Waals surface area (Å²) in [6, 6.07) is 6.25. The Kier molecular flexibility index (Phi) is 4.87. The van der Waals surface area contributed by atoms with E-state index in [9.17, 15) is 9.18 Å². The molecule has 1 saturated heterocycles. The van der Waals surface area contributed by atoms with Gasteiger partial charge >= 0.3 is 0 Å². The van der Waals surface area contributed by atoms with Crippen LogP contribution in [0.4, 0.5) is 4.39 Å². The number of benzene rings is 1. The van der Waals surface area contributed by atoms with Gasteiger partial charge in [-0.25, -0.2) is 4.39 Å². The van der Waals surface area contributed by atoms with Crippen LogP contribution in [0.3, 0.4) is 0 Å². The smallest absolute Gasteiger partial charge is 0.237 e. The molecule has 1 aliphatic rings. The van der Waals surface area contributed by atoms with Gasteiger partial charge in [-0.15, -0.1) is 0 Å². The fraction of sp³-hybridized carbons (Fsp3) is 0.500. The van der Waals surface area contributed by atoms with Crippen LogP contribution in [0.15, 0.2) is 24.3 Å². The number of carbonyl (C=O) groups is 1. The van der Waals surface area contributed by atoms with Gasteiger partial charge in [-0.1, -0.05) is 18.2 Å². The van der Waals surface area contributed by atoms with Crippen molar-refractivity contribution in [1.82, 2.24) is 10.2 Å². The third-order valence-electron chi connectivity index (χ3n) is 3.38. The summed E-state index contributed by atoms with van der Waals surface area (Å²) in [6.45, 7) is 4.92. The zero-order valence-electron chi connectivity index (χ0n) is 11.1. The van der Waals surface area contributed by atoms with Gasteiger partial charge in [0.25, 0.3) is 0 Å². The van der Waals surface area contributed by atoms with Crippen molar-refractivity contribution in [3.05, 3.63) is 35.6 Å². The number of nitrogens with one attached hydrogen (secondary N) is 1. The van der Waals surface area contributed by atoms with Crippen molar-refractivity contribution in [3.63, 3.8) is 0 Å². The highest BCUT2D eigenvalue weighted by atomic mass is 19.1. The molecule has 1 aromatic carbocycles. The van der Waals surface area contributed by atoms with Crippen molar-refractivity contribution in [2.75, 3.05) is 26.3 Å². The van der Waals surface area contributed by atoms with Crippen LogP contribution in [0, 0.1) is 5.82 Å². The van der Waals surface area contributed by atoms with E-state index in [-0.39, 0.29) is 24.3 Å². The second-order valence-corrected chi connectivity index (χ2v) is 4.63. The number of morpholine rings is 1. The molecule has 1 fully saturated rings. The molecule has 0 spiro atoms. The van der Waals surface area contributed by atoms with Gasteiger partial charge in [-0.05, 0) is 13.0 Å². The lowest BCUT2D eigenvalue weighted by molar-refractivity contribution is -0.127. The number of ether oxygens (including phenoxy) is 1. The summed E-state index contributed by atoms with van der Waals surface area (Å²) in [5, 5.41) is 2.78. The van der Waals surface area contributed by atoms with Crippen molar-refractivity contribution in [1.29, 1.82) is 0 Å². The summed E-state index contributed by atoms with van der Waals surface area (Å²) in [5.41, 5.74) is 0.505. The molecule has 1 aliphatic heterocycles. The van der Waals surface area contributed by atoms with Gasteiger partial charge in [0.05, 0.1) is 19.3 Å². The minimum absolute atomic E-state index is 0.0786. The molecular formula is C14H19FN2O2. The van der Waals surface area contributed by atoms with E-state index in [4.69, 9.17) is 4.74 Å². The Bertz CT molecular complexity index is 433. The van der Waals surface area contributed by atoms with Crippen LogP contribution in [0.5, 0.6) is 0 Å². The maximum Gasteiger partial charge on any atom is 0.237 e. The number of rotatable bonds is 4. The number of amides is 1. The van der Waals surface area contributed by atoms with Crippen molar-refractivity contribution in [2.45, 2.75) is 19.5 Å². The predicted molar refractivity (Wildman–Crippen MR) is 70.1 cm³/mol. The Hall–Kier alpha value is -1.46. The normalized spacial score (nSPS) is 18.0. The van der Waals surface area contributed by atoms with Gasteiger partial charge in [0.2, 0.25) is 5.91 Å². The summed E-state index contributed by atoms with van der Waals surface area (Å²) >= 11 is 0. The molecule has 0 unspecified atom stereocenters. The summed E-state index contributed by atoms with van der Waals surface area (Å²) in [5.74, 6) is -0.369. The van der Waals surface area contributed by atoms with E-state index in [0.29, 0.717) is 18.8 Å². The maximum atomic E-state index is 13.4. The second kappa shape index (κ2) is 6.63. The highest BCUT2D eigenvalue weighted by molar-refractivity contribution is 5.81. The van der Waals surface area contributed by atoms with E-state index < -0.39 is 0 Å². The molecule has 0 aromatic heterocycles. The first kappa shape index (κ1) is 14.0. The first-order valence-electron chi connectivity index (χ1n) is 6.51. The van der Waals surface area contributed by atoms with Gasteiger partial charge in [0.15, 0.2) is 0 Å². The van der Waals surface area contributed by atoms with Crippen molar-refractivity contribution >= 4 is 5.91 Å². The minimum atomic E-state index is -0.290. The topological polar surface area (TPSA) is 41.6 Å². The van der Waals surface area contributed by atoms with Gasteiger partial charge < -0.3 is 10.1 Å². The molecule has 5 heteroatoms. The van der Waals surface area contributed by atoms with E-state index in [1.54, 1.807) is 18.2 Å². The average molecular weight is 266 g/mol.